The second-order valence-electron chi connectivity index (χ2n) is 4.55. The average molecular weight is 302 g/mol. The maximum atomic E-state index is 11.8. The summed E-state index contributed by atoms with van der Waals surface area (Å²) in [5, 5.41) is 0.619. The zero-order valence-corrected chi connectivity index (χ0v) is 12.3. The molecule has 1 aromatic carbocycles. The third-order valence-electron chi connectivity index (χ3n) is 2.97. The van der Waals surface area contributed by atoms with E-state index in [1.807, 2.05) is 25.1 Å². The summed E-state index contributed by atoms with van der Waals surface area (Å²) >= 11 is 1.46. The topological polar surface area (TPSA) is 86.9 Å². The molecule has 7 heteroatoms. The highest BCUT2D eigenvalue weighted by molar-refractivity contribution is 7.99. The number of nitrogens with two attached hydrogens (primary N) is 1. The summed E-state index contributed by atoms with van der Waals surface area (Å²) in [6.45, 7) is 2.40. The molecule has 0 aliphatic heterocycles. The lowest BCUT2D eigenvalue weighted by Crippen LogP contribution is -2.15. The number of hydrogen-bond donors (Lipinski definition) is 1. The predicted molar refractivity (Wildman–Crippen MR) is 82.4 cm³/mol. The Kier molecular flexibility index (Phi) is 3.66. The number of oxazole rings is 1. The van der Waals surface area contributed by atoms with Gasteiger partial charge in [-0.2, -0.15) is 0 Å². The van der Waals surface area contributed by atoms with Crippen LogP contribution in [0, 0.1) is 6.92 Å². The number of fused-ring (bicyclic) bond motifs is 1. The van der Waals surface area contributed by atoms with Gasteiger partial charge in [-0.3, -0.25) is 4.57 Å². The third-order valence-corrected chi connectivity index (χ3v) is 3.80. The smallest absolute Gasteiger partial charge is 0.408 e. The van der Waals surface area contributed by atoms with E-state index in [4.69, 9.17) is 10.2 Å². The van der Waals surface area contributed by atoms with Crippen LogP contribution < -0.4 is 11.5 Å². The van der Waals surface area contributed by atoms with Crippen molar-refractivity contribution < 1.29 is 4.42 Å². The molecule has 0 fully saturated rings. The van der Waals surface area contributed by atoms with E-state index in [9.17, 15) is 4.79 Å². The van der Waals surface area contributed by atoms with Gasteiger partial charge in [0.2, 0.25) is 0 Å². The minimum atomic E-state index is -0.346. The summed E-state index contributed by atoms with van der Waals surface area (Å²) in [6.07, 6.45) is 0. The van der Waals surface area contributed by atoms with E-state index in [2.05, 4.69) is 9.97 Å². The number of aromatic nitrogens is 3. The summed E-state index contributed by atoms with van der Waals surface area (Å²) < 4.78 is 6.80. The molecule has 0 amide bonds. The summed E-state index contributed by atoms with van der Waals surface area (Å²) in [7, 11) is 0. The molecule has 0 bridgehead atoms. The number of anilines is 1. The van der Waals surface area contributed by atoms with Gasteiger partial charge in [-0.05, 0) is 19.1 Å². The van der Waals surface area contributed by atoms with Crippen molar-refractivity contribution in [2.75, 3.05) is 11.5 Å². The van der Waals surface area contributed by atoms with Gasteiger partial charge in [-0.1, -0.05) is 23.9 Å². The van der Waals surface area contributed by atoms with Crippen LogP contribution in [-0.4, -0.2) is 20.3 Å². The summed E-state index contributed by atoms with van der Waals surface area (Å²) in [5.74, 6) is 0.768. The monoisotopic (exact) mass is 302 g/mol. The fourth-order valence-corrected chi connectivity index (χ4v) is 2.92. The number of rotatable bonds is 4. The molecule has 0 radical (unpaired) electrons. The van der Waals surface area contributed by atoms with Gasteiger partial charge in [-0.25, -0.2) is 14.8 Å². The fourth-order valence-electron chi connectivity index (χ4n) is 2.08. The van der Waals surface area contributed by atoms with Crippen molar-refractivity contribution in [3.63, 3.8) is 0 Å². The first-order valence-electron chi connectivity index (χ1n) is 6.46. The normalized spacial score (nSPS) is 11.1. The van der Waals surface area contributed by atoms with E-state index >= 15 is 0 Å². The van der Waals surface area contributed by atoms with Gasteiger partial charge in [-0.15, -0.1) is 0 Å². The lowest BCUT2D eigenvalue weighted by Gasteiger charge is -2.03. The quantitative estimate of drug-likeness (QED) is 0.586. The third kappa shape index (κ3) is 2.92. The summed E-state index contributed by atoms with van der Waals surface area (Å²) in [5.41, 5.74) is 7.92. The molecule has 2 aromatic heterocycles. The first kappa shape index (κ1) is 13.7. The number of benzene rings is 1. The molecule has 3 rings (SSSR count). The van der Waals surface area contributed by atoms with Gasteiger partial charge in [0.25, 0.3) is 0 Å². The van der Waals surface area contributed by atoms with E-state index in [1.165, 1.54) is 11.8 Å². The van der Waals surface area contributed by atoms with Crippen molar-refractivity contribution in [1.29, 1.82) is 0 Å². The molecule has 2 heterocycles. The Morgan fingerprint density at radius 1 is 1.33 bits per heavy atom. The molecule has 0 spiro atoms. The van der Waals surface area contributed by atoms with Gasteiger partial charge in [0, 0.05) is 24.1 Å². The maximum Gasteiger partial charge on any atom is 0.419 e. The highest BCUT2D eigenvalue weighted by Crippen LogP contribution is 2.17. The van der Waals surface area contributed by atoms with Crippen LogP contribution in [0.2, 0.25) is 0 Å². The first-order chi connectivity index (χ1) is 10.1. The molecule has 0 saturated heterocycles. The van der Waals surface area contributed by atoms with Crippen LogP contribution in [-0.2, 0) is 6.54 Å². The Balaban J connectivity index is 1.75. The van der Waals surface area contributed by atoms with Crippen molar-refractivity contribution in [3.8, 4) is 0 Å². The Morgan fingerprint density at radius 2 is 2.14 bits per heavy atom. The van der Waals surface area contributed by atoms with Crippen LogP contribution in [0.15, 0.2) is 44.7 Å². The van der Waals surface area contributed by atoms with Gasteiger partial charge in [0.1, 0.15) is 5.82 Å². The van der Waals surface area contributed by atoms with E-state index in [0.29, 0.717) is 28.9 Å². The zero-order chi connectivity index (χ0) is 14.8. The van der Waals surface area contributed by atoms with Crippen LogP contribution in [0.3, 0.4) is 0 Å². The highest BCUT2D eigenvalue weighted by atomic mass is 32.2. The van der Waals surface area contributed by atoms with E-state index in [1.54, 1.807) is 16.7 Å². The molecule has 0 atom stereocenters. The standard InChI is InChI=1S/C14H14N4O2S/c1-9-8-12(15)17-13(16-9)21-7-6-18-10-4-2-3-5-11(10)20-14(18)19/h2-5,8H,6-7H2,1H3,(H2,15,16,17). The van der Waals surface area contributed by atoms with Gasteiger partial charge in [0.05, 0.1) is 5.52 Å². The highest BCUT2D eigenvalue weighted by Gasteiger charge is 2.08. The zero-order valence-electron chi connectivity index (χ0n) is 11.4. The first-order valence-corrected chi connectivity index (χ1v) is 7.44. The largest absolute Gasteiger partial charge is 0.419 e. The van der Waals surface area contributed by atoms with Gasteiger partial charge >= 0.3 is 5.76 Å². The Hall–Kier alpha value is -2.28. The molecule has 6 nitrogen and oxygen atoms in total. The van der Waals surface area contributed by atoms with Crippen LogP contribution in [0.5, 0.6) is 0 Å². The van der Waals surface area contributed by atoms with Crippen LogP contribution in [0.1, 0.15) is 5.69 Å². The fraction of sp³-hybridized carbons (Fsp3) is 0.214. The molecule has 0 unspecified atom stereocenters. The minimum Gasteiger partial charge on any atom is -0.408 e. The number of para-hydroxylation sites is 2. The SMILES string of the molecule is Cc1cc(N)nc(SCCn2c(=O)oc3ccccc32)n1. The maximum absolute atomic E-state index is 11.8. The van der Waals surface area contributed by atoms with Crippen molar-refractivity contribution >= 4 is 28.7 Å². The molecular formula is C14H14N4O2S. The number of thioether (sulfide) groups is 1. The number of nitrogen functional groups attached to an aromatic ring is 1. The lowest BCUT2D eigenvalue weighted by molar-refractivity contribution is 0.514. The van der Waals surface area contributed by atoms with Crippen molar-refractivity contribution in [2.24, 2.45) is 0 Å². The molecule has 108 valence electrons. The van der Waals surface area contributed by atoms with E-state index in [0.717, 1.165) is 11.2 Å². The summed E-state index contributed by atoms with van der Waals surface area (Å²) in [4.78, 5) is 20.3. The number of aryl methyl sites for hydroxylation is 2. The van der Waals surface area contributed by atoms with E-state index in [-0.39, 0.29) is 5.76 Å². The van der Waals surface area contributed by atoms with Crippen molar-refractivity contribution in [2.45, 2.75) is 18.6 Å². The predicted octanol–water partition coefficient (Wildman–Crippen LogP) is 2.07. The van der Waals surface area contributed by atoms with Gasteiger partial charge < -0.3 is 10.2 Å². The minimum absolute atomic E-state index is 0.346. The molecule has 0 aliphatic rings. The molecule has 2 N–H and O–H groups in total. The Morgan fingerprint density at radius 3 is 2.95 bits per heavy atom. The van der Waals surface area contributed by atoms with Crippen molar-refractivity contribution in [1.82, 2.24) is 14.5 Å². The second-order valence-corrected chi connectivity index (χ2v) is 5.61. The van der Waals surface area contributed by atoms with Crippen LogP contribution >= 0.6 is 11.8 Å². The lowest BCUT2D eigenvalue weighted by atomic mass is 10.3. The summed E-state index contributed by atoms with van der Waals surface area (Å²) in [6, 6.07) is 9.09. The van der Waals surface area contributed by atoms with E-state index < -0.39 is 0 Å². The Labute approximate surface area is 125 Å². The molecule has 0 aliphatic carbocycles. The number of nitrogens with zero attached hydrogens (tertiary/aromatic N) is 3. The van der Waals surface area contributed by atoms with Crippen LogP contribution in [0.4, 0.5) is 5.82 Å². The van der Waals surface area contributed by atoms with Gasteiger partial charge in [0.15, 0.2) is 10.7 Å². The number of hydrogen-bond acceptors (Lipinski definition) is 6. The van der Waals surface area contributed by atoms with Crippen molar-refractivity contribution in [3.05, 3.63) is 46.6 Å². The van der Waals surface area contributed by atoms with Crippen LogP contribution in [0.25, 0.3) is 11.1 Å². The average Bonchev–Trinajstić information content (AvgIpc) is 2.74. The Bertz CT molecular complexity index is 820. The molecule has 21 heavy (non-hydrogen) atoms. The second kappa shape index (κ2) is 5.61. The molecule has 0 saturated carbocycles. The molecule has 3 aromatic rings. The molecular weight excluding hydrogens is 288 g/mol.